The first kappa shape index (κ1) is 26.1. The Balaban J connectivity index is 1.97. The second-order valence-corrected chi connectivity index (χ2v) is 11.4. The van der Waals surface area contributed by atoms with Gasteiger partial charge in [-0.15, -0.1) is 0 Å². The van der Waals surface area contributed by atoms with Crippen molar-refractivity contribution in [1.29, 1.82) is 0 Å². The molecule has 2 saturated heterocycles. The molecule has 9 nitrogen and oxygen atoms in total. The predicted octanol–water partition coefficient (Wildman–Crippen LogP) is 2.67. The van der Waals surface area contributed by atoms with Crippen LogP contribution in [0.4, 0.5) is 0 Å². The number of fused-ring (bicyclic) bond motifs is 8. The van der Waals surface area contributed by atoms with Gasteiger partial charge >= 0.3 is 17.9 Å². The van der Waals surface area contributed by atoms with Crippen molar-refractivity contribution in [2.45, 2.75) is 110 Å². The van der Waals surface area contributed by atoms with Gasteiger partial charge in [-0.1, -0.05) is 19.9 Å². The summed E-state index contributed by atoms with van der Waals surface area (Å²) in [5.74, 6) is -4.08. The first-order valence-electron chi connectivity index (χ1n) is 12.4. The Kier molecular flexibility index (Phi) is 6.38. The maximum absolute atomic E-state index is 12.4. The highest BCUT2D eigenvalue weighted by Crippen LogP contribution is 2.61. The van der Waals surface area contributed by atoms with Gasteiger partial charge < -0.3 is 28.8 Å². The number of carbonyl (C=O) groups is 3. The third-order valence-electron chi connectivity index (χ3n) is 8.49. The number of hydrogen-bond acceptors (Lipinski definition) is 9. The van der Waals surface area contributed by atoms with Crippen molar-refractivity contribution < 1.29 is 43.2 Å². The standard InChI is InChI=1S/C26H38O9/c1-12(2)18-19-20(17-11-13(3)26(30)10-9-24(7,35-26)22(19)33-17)25(8,34-16(6)29)23(32-15(5)28)21(18)31-14(4)27/h11-12,17-23,30H,9-10H2,1-8H3/b13-11-/t17-,18+,19+,20+,21-,22-,23-,24-,25-,26+/m0/s1. The lowest BCUT2D eigenvalue weighted by atomic mass is 9.55. The molecule has 4 aliphatic rings. The van der Waals surface area contributed by atoms with Crippen molar-refractivity contribution in [3.05, 3.63) is 11.6 Å². The fourth-order valence-corrected chi connectivity index (χ4v) is 7.25. The second-order valence-electron chi connectivity index (χ2n) is 11.4. The van der Waals surface area contributed by atoms with Gasteiger partial charge in [0.2, 0.25) is 0 Å². The Hall–Kier alpha value is -1.97. The lowest BCUT2D eigenvalue weighted by Gasteiger charge is -2.55. The van der Waals surface area contributed by atoms with Crippen LogP contribution in [0.5, 0.6) is 0 Å². The fourth-order valence-electron chi connectivity index (χ4n) is 7.25. The Morgan fingerprint density at radius 3 is 2.23 bits per heavy atom. The minimum absolute atomic E-state index is 0.00801. The van der Waals surface area contributed by atoms with E-state index in [4.69, 9.17) is 23.7 Å². The van der Waals surface area contributed by atoms with Crippen LogP contribution in [0, 0.1) is 23.7 Å². The minimum atomic E-state index is -1.40. The molecule has 10 atom stereocenters. The summed E-state index contributed by atoms with van der Waals surface area (Å²) >= 11 is 0. The maximum atomic E-state index is 12.4. The topological polar surface area (TPSA) is 118 Å². The number of hydrogen-bond donors (Lipinski definition) is 1. The summed E-state index contributed by atoms with van der Waals surface area (Å²) < 4.78 is 30.6. The molecule has 0 spiro atoms. The molecule has 1 saturated carbocycles. The predicted molar refractivity (Wildman–Crippen MR) is 123 cm³/mol. The summed E-state index contributed by atoms with van der Waals surface area (Å²) in [6.07, 6.45) is -0.0906. The lowest BCUT2D eigenvalue weighted by molar-refractivity contribution is -0.253. The van der Waals surface area contributed by atoms with E-state index in [1.165, 1.54) is 20.8 Å². The van der Waals surface area contributed by atoms with Crippen LogP contribution >= 0.6 is 0 Å². The van der Waals surface area contributed by atoms with Crippen LogP contribution in [-0.4, -0.2) is 64.4 Å². The Morgan fingerprint density at radius 2 is 1.69 bits per heavy atom. The van der Waals surface area contributed by atoms with Crippen LogP contribution in [0.3, 0.4) is 0 Å². The van der Waals surface area contributed by atoms with E-state index in [9.17, 15) is 19.5 Å². The molecule has 4 rings (SSSR count). The molecule has 1 aliphatic carbocycles. The number of rotatable bonds is 4. The van der Waals surface area contributed by atoms with Crippen LogP contribution in [0.25, 0.3) is 0 Å². The van der Waals surface area contributed by atoms with E-state index in [1.54, 1.807) is 13.8 Å². The summed E-state index contributed by atoms with van der Waals surface area (Å²) in [4.78, 5) is 37.0. The van der Waals surface area contributed by atoms with E-state index < -0.39 is 65.2 Å². The molecule has 196 valence electrons. The van der Waals surface area contributed by atoms with E-state index in [2.05, 4.69) is 0 Å². The number of esters is 3. The van der Waals surface area contributed by atoms with Crippen LogP contribution < -0.4 is 0 Å². The third kappa shape index (κ3) is 4.09. The zero-order valence-electron chi connectivity index (χ0n) is 21.8. The van der Waals surface area contributed by atoms with E-state index in [0.717, 1.165) is 0 Å². The highest BCUT2D eigenvalue weighted by Gasteiger charge is 2.72. The van der Waals surface area contributed by atoms with Crippen molar-refractivity contribution in [2.24, 2.45) is 23.7 Å². The molecule has 0 aromatic rings. The molecule has 1 N–H and O–H groups in total. The number of carbonyl (C=O) groups excluding carboxylic acids is 3. The molecule has 0 radical (unpaired) electrons. The highest BCUT2D eigenvalue weighted by atomic mass is 16.7. The van der Waals surface area contributed by atoms with Crippen LogP contribution in [-0.2, 0) is 38.1 Å². The highest BCUT2D eigenvalue weighted by molar-refractivity contribution is 5.69. The maximum Gasteiger partial charge on any atom is 0.303 e. The largest absolute Gasteiger partial charge is 0.458 e. The van der Waals surface area contributed by atoms with Crippen molar-refractivity contribution in [1.82, 2.24) is 0 Å². The third-order valence-corrected chi connectivity index (χ3v) is 8.49. The van der Waals surface area contributed by atoms with E-state index >= 15 is 0 Å². The fraction of sp³-hybridized carbons (Fsp3) is 0.808. The molecule has 3 aliphatic heterocycles. The molecule has 0 aromatic carbocycles. The van der Waals surface area contributed by atoms with E-state index in [-0.39, 0.29) is 17.8 Å². The Morgan fingerprint density at radius 1 is 1.06 bits per heavy atom. The molecular weight excluding hydrogens is 456 g/mol. The molecule has 0 aromatic heterocycles. The van der Waals surface area contributed by atoms with Gasteiger partial charge in [0.15, 0.2) is 17.5 Å². The molecular formula is C26H38O9. The van der Waals surface area contributed by atoms with Gasteiger partial charge in [-0.3, -0.25) is 14.4 Å². The normalized spacial score (nSPS) is 47.7. The van der Waals surface area contributed by atoms with Crippen LogP contribution in [0.2, 0.25) is 0 Å². The van der Waals surface area contributed by atoms with Gasteiger partial charge in [-0.2, -0.15) is 0 Å². The number of aliphatic hydroxyl groups is 1. The van der Waals surface area contributed by atoms with Gasteiger partial charge in [-0.05, 0) is 38.7 Å². The lowest BCUT2D eigenvalue weighted by Crippen LogP contribution is -2.68. The first-order chi connectivity index (χ1) is 16.1. The second kappa shape index (κ2) is 8.56. The molecule has 0 unspecified atom stereocenters. The summed E-state index contributed by atoms with van der Waals surface area (Å²) in [5, 5.41) is 11.3. The SMILES string of the molecule is CC(=O)O[C@H]1[C@H](C(C)C)[C@@H]2[C@@H]([C@@H]3/C=C(/C)[C@@]4(O)CC[C@](C)(O4)[C@H]2O3)[C@](C)(OC(C)=O)[C@H]1OC(C)=O. The van der Waals surface area contributed by atoms with Crippen molar-refractivity contribution in [3.63, 3.8) is 0 Å². The minimum Gasteiger partial charge on any atom is -0.458 e. The molecule has 9 heteroatoms. The van der Waals surface area contributed by atoms with Crippen molar-refractivity contribution in [3.8, 4) is 0 Å². The van der Waals surface area contributed by atoms with Gasteiger partial charge in [-0.25, -0.2) is 0 Å². The smallest absolute Gasteiger partial charge is 0.303 e. The Bertz CT molecular complexity index is 943. The molecule has 0 amide bonds. The monoisotopic (exact) mass is 494 g/mol. The van der Waals surface area contributed by atoms with Crippen LogP contribution in [0.1, 0.15) is 68.2 Å². The quantitative estimate of drug-likeness (QED) is 0.357. The van der Waals surface area contributed by atoms with Crippen molar-refractivity contribution in [2.75, 3.05) is 0 Å². The zero-order valence-corrected chi connectivity index (χ0v) is 21.8. The average Bonchev–Trinajstić information content (AvgIpc) is 3.24. The van der Waals surface area contributed by atoms with Gasteiger partial charge in [0.25, 0.3) is 0 Å². The van der Waals surface area contributed by atoms with Gasteiger partial charge in [0.05, 0.1) is 17.8 Å². The molecule has 4 bridgehead atoms. The van der Waals surface area contributed by atoms with Gasteiger partial charge in [0.1, 0.15) is 6.10 Å². The summed E-state index contributed by atoms with van der Waals surface area (Å²) in [5.41, 5.74) is -1.56. The van der Waals surface area contributed by atoms with E-state index in [1.807, 2.05) is 26.8 Å². The Labute approximate surface area is 206 Å². The summed E-state index contributed by atoms with van der Waals surface area (Å²) in [6.45, 7) is 13.4. The molecule has 3 fully saturated rings. The molecule has 3 heterocycles. The van der Waals surface area contributed by atoms with Crippen LogP contribution in [0.15, 0.2) is 11.6 Å². The summed E-state index contributed by atoms with van der Waals surface area (Å²) in [6, 6.07) is 0. The number of ether oxygens (including phenoxy) is 5. The molecule has 35 heavy (non-hydrogen) atoms. The zero-order chi connectivity index (χ0) is 26.1. The van der Waals surface area contributed by atoms with Crippen molar-refractivity contribution >= 4 is 17.9 Å². The van der Waals surface area contributed by atoms with E-state index in [0.29, 0.717) is 18.4 Å². The van der Waals surface area contributed by atoms with Gasteiger partial charge in [0, 0.05) is 44.9 Å². The first-order valence-corrected chi connectivity index (χ1v) is 12.4. The summed E-state index contributed by atoms with van der Waals surface area (Å²) in [7, 11) is 0. The average molecular weight is 495 g/mol.